The van der Waals surface area contributed by atoms with E-state index in [0.29, 0.717) is 4.47 Å². The Morgan fingerprint density at radius 1 is 0.958 bits per heavy atom. The Labute approximate surface area is 140 Å². The number of hydrogen-bond acceptors (Lipinski definition) is 5. The molecule has 0 aliphatic heterocycles. The minimum Gasteiger partial charge on any atom is -0.344 e. The molecule has 0 aliphatic rings. The molecule has 126 valence electrons. The van der Waals surface area contributed by atoms with Gasteiger partial charge in [0.05, 0.1) is 15.4 Å². The van der Waals surface area contributed by atoms with Gasteiger partial charge in [-0.2, -0.15) is 13.2 Å². The van der Waals surface area contributed by atoms with Gasteiger partial charge in [-0.3, -0.25) is 20.2 Å². The number of nitro benzene ring substituents is 2. The third kappa shape index (κ3) is 3.79. The van der Waals surface area contributed by atoms with Gasteiger partial charge in [0, 0.05) is 22.3 Å². The summed E-state index contributed by atoms with van der Waals surface area (Å²) in [6, 6.07) is 6.54. The van der Waals surface area contributed by atoms with Crippen molar-refractivity contribution in [2.75, 3.05) is 5.32 Å². The van der Waals surface area contributed by atoms with E-state index in [4.69, 9.17) is 0 Å². The summed E-state index contributed by atoms with van der Waals surface area (Å²) >= 11 is 3.17. The number of rotatable bonds is 4. The van der Waals surface area contributed by atoms with Gasteiger partial charge in [0.25, 0.3) is 11.4 Å². The van der Waals surface area contributed by atoms with Crippen LogP contribution in [0.15, 0.2) is 40.9 Å². The van der Waals surface area contributed by atoms with Crippen LogP contribution in [-0.2, 0) is 6.18 Å². The second-order valence-corrected chi connectivity index (χ2v) is 5.45. The minimum atomic E-state index is -4.95. The van der Waals surface area contributed by atoms with E-state index in [-0.39, 0.29) is 17.8 Å². The molecule has 0 aromatic heterocycles. The van der Waals surface area contributed by atoms with Crippen molar-refractivity contribution in [2.45, 2.75) is 6.18 Å². The van der Waals surface area contributed by atoms with E-state index in [0.717, 1.165) is 0 Å². The fourth-order valence-corrected chi connectivity index (χ4v) is 2.13. The molecule has 0 heterocycles. The maximum atomic E-state index is 12.8. The number of alkyl halides is 3. The first-order valence-electron chi connectivity index (χ1n) is 6.16. The highest BCUT2D eigenvalue weighted by molar-refractivity contribution is 9.10. The lowest BCUT2D eigenvalue weighted by atomic mass is 10.1. The Morgan fingerprint density at radius 3 is 1.79 bits per heavy atom. The van der Waals surface area contributed by atoms with Crippen LogP contribution in [0, 0.1) is 20.2 Å². The van der Waals surface area contributed by atoms with Crippen LogP contribution in [0.3, 0.4) is 0 Å². The van der Waals surface area contributed by atoms with Crippen LogP contribution in [0.5, 0.6) is 0 Å². The third-order valence-corrected chi connectivity index (χ3v) is 3.46. The molecule has 0 radical (unpaired) electrons. The molecule has 24 heavy (non-hydrogen) atoms. The molecule has 7 nitrogen and oxygen atoms in total. The van der Waals surface area contributed by atoms with E-state index < -0.39 is 38.6 Å². The largest absolute Gasteiger partial charge is 0.416 e. The van der Waals surface area contributed by atoms with Gasteiger partial charge >= 0.3 is 6.18 Å². The van der Waals surface area contributed by atoms with Crippen LogP contribution in [0.4, 0.5) is 35.9 Å². The van der Waals surface area contributed by atoms with Crippen molar-refractivity contribution in [3.63, 3.8) is 0 Å². The average molecular weight is 406 g/mol. The zero-order valence-electron chi connectivity index (χ0n) is 11.5. The van der Waals surface area contributed by atoms with Crippen molar-refractivity contribution < 1.29 is 23.0 Å². The maximum Gasteiger partial charge on any atom is 0.416 e. The summed E-state index contributed by atoms with van der Waals surface area (Å²) in [5.74, 6) is 0. The summed E-state index contributed by atoms with van der Waals surface area (Å²) in [5.41, 5.74) is -3.94. The van der Waals surface area contributed by atoms with Crippen LogP contribution in [0.1, 0.15) is 5.56 Å². The molecule has 2 aromatic rings. The number of nitrogens with one attached hydrogen (secondary N) is 1. The van der Waals surface area contributed by atoms with Crippen LogP contribution in [0.2, 0.25) is 0 Å². The molecule has 2 aromatic carbocycles. The Hall–Kier alpha value is -2.69. The molecular formula is C13H7BrF3N3O4. The van der Waals surface area contributed by atoms with Crippen molar-refractivity contribution >= 4 is 38.7 Å². The first-order valence-corrected chi connectivity index (χ1v) is 6.95. The summed E-state index contributed by atoms with van der Waals surface area (Å²) in [7, 11) is 0. The Morgan fingerprint density at radius 2 is 1.42 bits per heavy atom. The van der Waals surface area contributed by atoms with Crippen molar-refractivity contribution in [2.24, 2.45) is 0 Å². The lowest BCUT2D eigenvalue weighted by molar-refractivity contribution is -0.392. The summed E-state index contributed by atoms with van der Waals surface area (Å²) in [6.45, 7) is 0. The Bertz CT molecular complexity index is 774. The lowest BCUT2D eigenvalue weighted by Crippen LogP contribution is -2.09. The number of halogens is 4. The van der Waals surface area contributed by atoms with Gasteiger partial charge in [-0.1, -0.05) is 15.9 Å². The van der Waals surface area contributed by atoms with Gasteiger partial charge in [-0.05, 0) is 24.3 Å². The van der Waals surface area contributed by atoms with Crippen LogP contribution in [-0.4, -0.2) is 9.85 Å². The minimum absolute atomic E-state index is 0.240. The van der Waals surface area contributed by atoms with Gasteiger partial charge in [0.2, 0.25) is 0 Å². The van der Waals surface area contributed by atoms with E-state index in [9.17, 15) is 33.4 Å². The maximum absolute atomic E-state index is 12.8. The molecular weight excluding hydrogens is 399 g/mol. The highest BCUT2D eigenvalue weighted by atomic mass is 79.9. The second kappa shape index (κ2) is 6.43. The van der Waals surface area contributed by atoms with Crippen LogP contribution in [0.25, 0.3) is 0 Å². The van der Waals surface area contributed by atoms with Gasteiger partial charge in [0.15, 0.2) is 5.69 Å². The smallest absolute Gasteiger partial charge is 0.344 e. The molecule has 2 rings (SSSR count). The highest BCUT2D eigenvalue weighted by Crippen LogP contribution is 2.42. The van der Waals surface area contributed by atoms with E-state index in [1.165, 1.54) is 12.1 Å². The van der Waals surface area contributed by atoms with Gasteiger partial charge in [0.1, 0.15) is 0 Å². The normalized spacial score (nSPS) is 11.2. The Balaban J connectivity index is 2.65. The molecule has 0 bridgehead atoms. The van der Waals surface area contributed by atoms with Crippen molar-refractivity contribution in [3.05, 3.63) is 66.7 Å². The van der Waals surface area contributed by atoms with Gasteiger partial charge in [-0.15, -0.1) is 0 Å². The number of benzene rings is 2. The molecule has 0 spiro atoms. The zero-order chi connectivity index (χ0) is 18.1. The van der Waals surface area contributed by atoms with Crippen molar-refractivity contribution in [1.82, 2.24) is 0 Å². The molecule has 0 saturated carbocycles. The van der Waals surface area contributed by atoms with E-state index in [2.05, 4.69) is 21.2 Å². The molecule has 11 heteroatoms. The predicted molar refractivity (Wildman–Crippen MR) is 82.2 cm³/mol. The summed E-state index contributed by atoms with van der Waals surface area (Å²) in [6.07, 6.45) is -4.95. The second-order valence-electron chi connectivity index (χ2n) is 4.53. The fraction of sp³-hybridized carbons (Fsp3) is 0.0769. The van der Waals surface area contributed by atoms with E-state index in [1.54, 1.807) is 12.1 Å². The first-order chi connectivity index (χ1) is 11.1. The number of hydrogen-bond donors (Lipinski definition) is 1. The van der Waals surface area contributed by atoms with Gasteiger partial charge in [-0.25, -0.2) is 0 Å². The third-order valence-electron chi connectivity index (χ3n) is 2.93. The number of anilines is 2. The lowest BCUT2D eigenvalue weighted by Gasteiger charge is -2.11. The molecule has 1 N–H and O–H groups in total. The standard InChI is InChI=1S/C13H7BrF3N3O4/c14-8-1-3-9(4-2-8)18-12-10(19(21)22)5-7(13(15,16)17)6-11(12)20(23)24/h1-6,18H. The molecule has 0 saturated heterocycles. The summed E-state index contributed by atoms with van der Waals surface area (Å²) in [4.78, 5) is 20.0. The number of nitro groups is 2. The molecule has 0 unspecified atom stereocenters. The van der Waals surface area contributed by atoms with Crippen LogP contribution >= 0.6 is 15.9 Å². The highest BCUT2D eigenvalue weighted by Gasteiger charge is 2.37. The molecule has 0 aliphatic carbocycles. The zero-order valence-corrected chi connectivity index (χ0v) is 13.1. The van der Waals surface area contributed by atoms with Crippen molar-refractivity contribution in [1.29, 1.82) is 0 Å². The predicted octanol–water partition coefficient (Wildman–Crippen LogP) is 5.03. The molecule has 0 fully saturated rings. The number of nitrogens with zero attached hydrogens (tertiary/aromatic N) is 2. The van der Waals surface area contributed by atoms with Gasteiger partial charge < -0.3 is 5.32 Å². The van der Waals surface area contributed by atoms with Crippen molar-refractivity contribution in [3.8, 4) is 0 Å². The van der Waals surface area contributed by atoms with E-state index >= 15 is 0 Å². The van der Waals surface area contributed by atoms with Crippen LogP contribution < -0.4 is 5.32 Å². The molecule has 0 amide bonds. The quantitative estimate of drug-likeness (QED) is 0.568. The first kappa shape index (κ1) is 17.7. The average Bonchev–Trinajstić information content (AvgIpc) is 2.48. The molecule has 0 atom stereocenters. The monoisotopic (exact) mass is 405 g/mol. The SMILES string of the molecule is O=[N+]([O-])c1cc(C(F)(F)F)cc([N+](=O)[O-])c1Nc1ccc(Br)cc1. The summed E-state index contributed by atoms with van der Waals surface area (Å²) in [5, 5.41) is 24.6. The van der Waals surface area contributed by atoms with E-state index in [1.807, 2.05) is 0 Å². The topological polar surface area (TPSA) is 98.3 Å². The fourth-order valence-electron chi connectivity index (χ4n) is 1.87. The Kier molecular flexibility index (Phi) is 4.73. The summed E-state index contributed by atoms with van der Waals surface area (Å²) < 4.78 is 39.1.